The van der Waals surface area contributed by atoms with E-state index in [1.54, 1.807) is 42.7 Å². The number of hydrogen-bond donors (Lipinski definition) is 3. The number of morpholine rings is 1. The van der Waals surface area contributed by atoms with Crippen LogP contribution in [0.5, 0.6) is 0 Å². The van der Waals surface area contributed by atoms with E-state index in [1.807, 2.05) is 21.8 Å². The summed E-state index contributed by atoms with van der Waals surface area (Å²) in [5, 5.41) is 13.4. The molecule has 15 nitrogen and oxygen atoms in total. The Morgan fingerprint density at radius 3 is 2.45 bits per heavy atom. The van der Waals surface area contributed by atoms with Crippen molar-refractivity contribution in [2.45, 2.75) is 82.4 Å². The fourth-order valence-electron chi connectivity index (χ4n) is 9.11. The van der Waals surface area contributed by atoms with E-state index in [-0.39, 0.29) is 54.0 Å². The molecule has 3 N–H and O–H groups in total. The Morgan fingerprint density at radius 2 is 1.67 bits per heavy atom. The van der Waals surface area contributed by atoms with Crippen molar-refractivity contribution in [3.05, 3.63) is 95.4 Å². The van der Waals surface area contributed by atoms with Crippen LogP contribution in [0.15, 0.2) is 67.1 Å². The molecule has 3 fully saturated rings. The van der Waals surface area contributed by atoms with Crippen LogP contribution in [0, 0.1) is 11.6 Å². The van der Waals surface area contributed by atoms with Gasteiger partial charge in [0.1, 0.15) is 17.7 Å². The number of nitrogens with zero attached hydrogens (tertiary/aromatic N) is 6. The van der Waals surface area contributed by atoms with Crippen LogP contribution >= 0.6 is 0 Å². The molecule has 2 aromatic heterocycles. The molecule has 9 rings (SSSR count). The van der Waals surface area contributed by atoms with Crippen LogP contribution in [-0.2, 0) is 25.5 Å². The first kappa shape index (κ1) is 42.8. The molecule has 0 aliphatic carbocycles. The first-order valence-corrected chi connectivity index (χ1v) is 22.1. The minimum absolute atomic E-state index is 0.00529. The second-order valence-corrected chi connectivity index (χ2v) is 16.9. The molecule has 0 bridgehead atoms. The molecule has 3 aromatic carbocycles. The number of amides is 5. The number of imide groups is 2. The third kappa shape index (κ3) is 8.99. The number of benzene rings is 3. The lowest BCUT2D eigenvalue weighted by molar-refractivity contribution is -0.136. The number of fused-ring (bicyclic) bond motifs is 2. The molecule has 2 unspecified atom stereocenters. The summed E-state index contributed by atoms with van der Waals surface area (Å²) in [6.07, 6.45) is 10.8. The van der Waals surface area contributed by atoms with Crippen molar-refractivity contribution in [3.8, 4) is 22.4 Å². The number of hydrogen-bond acceptors (Lipinski definition) is 11. The lowest BCUT2D eigenvalue weighted by Gasteiger charge is -2.32. The second-order valence-electron chi connectivity index (χ2n) is 16.9. The monoisotopic (exact) mass is 873 g/mol. The van der Waals surface area contributed by atoms with Crippen LogP contribution in [0.2, 0.25) is 0 Å². The van der Waals surface area contributed by atoms with Crippen LogP contribution < -0.4 is 16.0 Å². The summed E-state index contributed by atoms with van der Waals surface area (Å²) < 4.78 is 38.4. The van der Waals surface area contributed by atoms with Gasteiger partial charge in [0.05, 0.1) is 59.0 Å². The summed E-state index contributed by atoms with van der Waals surface area (Å²) in [4.78, 5) is 75.5. The predicted molar refractivity (Wildman–Crippen MR) is 232 cm³/mol. The lowest BCUT2D eigenvalue weighted by Crippen LogP contribution is -2.54. The third-order valence-electron chi connectivity index (χ3n) is 12.6. The third-order valence-corrected chi connectivity index (χ3v) is 12.6. The van der Waals surface area contributed by atoms with Crippen molar-refractivity contribution in [3.63, 3.8) is 0 Å². The number of likely N-dealkylation sites (tertiary alicyclic amines) is 1. The molecule has 5 amide bonds. The van der Waals surface area contributed by atoms with Crippen LogP contribution in [-0.4, -0.2) is 111 Å². The number of halogens is 2. The topological polar surface area (TPSA) is 181 Å². The van der Waals surface area contributed by atoms with Crippen molar-refractivity contribution in [2.75, 3.05) is 44.6 Å². The molecule has 4 aliphatic rings. The highest BCUT2D eigenvalue weighted by molar-refractivity contribution is 6.23. The Labute approximate surface area is 367 Å². The standard InChI is InChI=1S/C47H49F2N9O6/c48-37-20-28(21-38(49)36(37)23-32-25-50-16-19-64-32)33-6-5-7-39-44(33)54-40(26-52-39)29-24-53-57(27-29)31-13-17-56(18-14-31)43(60)8-3-1-2-4-15-51-30-9-10-34-35(22-30)47(63)58(46(34)62)41-11-12-42(59)55-45(41)61/h5-7,9-10,20-22,24,26-27,31-32,41,50-51H,1-4,8,11-19,23,25H2,(H,55,59,61). The number of rotatable bonds is 14. The van der Waals surface area contributed by atoms with Crippen LogP contribution in [0.25, 0.3) is 33.4 Å². The second kappa shape index (κ2) is 18.7. The molecule has 17 heteroatoms. The maximum atomic E-state index is 15.4. The fourth-order valence-corrected chi connectivity index (χ4v) is 9.11. The van der Waals surface area contributed by atoms with Crippen LogP contribution in [0.1, 0.15) is 90.1 Å². The summed E-state index contributed by atoms with van der Waals surface area (Å²) in [5.41, 5.74) is 4.61. The van der Waals surface area contributed by atoms with E-state index in [9.17, 15) is 24.0 Å². The van der Waals surface area contributed by atoms with Gasteiger partial charge in [-0.05, 0) is 74.1 Å². The summed E-state index contributed by atoms with van der Waals surface area (Å²) >= 11 is 0. The normalized spacial score (nSPS) is 19.3. The number of aromatic nitrogens is 4. The van der Waals surface area contributed by atoms with Crippen molar-refractivity contribution in [1.29, 1.82) is 0 Å². The minimum atomic E-state index is -1.00. The minimum Gasteiger partial charge on any atom is -0.385 e. The Kier molecular flexibility index (Phi) is 12.5. The van der Waals surface area contributed by atoms with Gasteiger partial charge in [0.2, 0.25) is 17.7 Å². The molecule has 0 spiro atoms. The van der Waals surface area contributed by atoms with E-state index < -0.39 is 41.3 Å². The zero-order valence-electron chi connectivity index (χ0n) is 35.3. The van der Waals surface area contributed by atoms with Crippen LogP contribution in [0.4, 0.5) is 14.5 Å². The summed E-state index contributed by atoms with van der Waals surface area (Å²) in [7, 11) is 0. The summed E-state index contributed by atoms with van der Waals surface area (Å²) in [6, 6.07) is 12.2. The molecule has 64 heavy (non-hydrogen) atoms. The van der Waals surface area contributed by atoms with E-state index in [1.165, 1.54) is 12.1 Å². The van der Waals surface area contributed by atoms with E-state index >= 15 is 8.78 Å². The van der Waals surface area contributed by atoms with Gasteiger partial charge in [-0.15, -0.1) is 0 Å². The highest BCUT2D eigenvalue weighted by Gasteiger charge is 2.44. The largest absolute Gasteiger partial charge is 0.385 e. The molecule has 332 valence electrons. The van der Waals surface area contributed by atoms with Crippen molar-refractivity contribution in [1.82, 2.24) is 40.2 Å². The average Bonchev–Trinajstić information content (AvgIpc) is 3.89. The van der Waals surface area contributed by atoms with E-state index in [0.29, 0.717) is 72.7 Å². The smallest absolute Gasteiger partial charge is 0.262 e. The van der Waals surface area contributed by atoms with E-state index in [0.717, 1.165) is 55.5 Å². The Balaban J connectivity index is 0.721. The van der Waals surface area contributed by atoms with Gasteiger partial charge in [-0.1, -0.05) is 25.0 Å². The zero-order chi connectivity index (χ0) is 44.3. The number of nitrogens with one attached hydrogen (secondary N) is 3. The highest BCUT2D eigenvalue weighted by Crippen LogP contribution is 2.33. The number of carbonyl (C=O) groups excluding carboxylic acids is 5. The van der Waals surface area contributed by atoms with Crippen molar-refractivity contribution >= 4 is 46.3 Å². The van der Waals surface area contributed by atoms with Gasteiger partial charge in [-0.25, -0.2) is 13.8 Å². The van der Waals surface area contributed by atoms with Crippen molar-refractivity contribution < 1.29 is 37.5 Å². The maximum Gasteiger partial charge on any atom is 0.262 e. The molecule has 0 saturated carbocycles. The molecule has 6 heterocycles. The van der Waals surface area contributed by atoms with Gasteiger partial charge in [-0.2, -0.15) is 5.10 Å². The molecular formula is C47H49F2N9O6. The number of ether oxygens (including phenoxy) is 1. The first-order chi connectivity index (χ1) is 31.1. The van der Waals surface area contributed by atoms with Crippen molar-refractivity contribution in [2.24, 2.45) is 0 Å². The predicted octanol–water partition coefficient (Wildman–Crippen LogP) is 5.60. The number of piperidine rings is 2. The maximum absolute atomic E-state index is 15.4. The molecule has 2 atom stereocenters. The number of anilines is 1. The average molecular weight is 874 g/mol. The molecule has 3 saturated heterocycles. The van der Waals surface area contributed by atoms with Crippen LogP contribution in [0.3, 0.4) is 0 Å². The number of carbonyl (C=O) groups is 5. The number of para-hydroxylation sites is 1. The van der Waals surface area contributed by atoms with E-state index in [4.69, 9.17) is 9.72 Å². The van der Waals surface area contributed by atoms with E-state index in [2.05, 4.69) is 26.0 Å². The number of unbranched alkanes of at least 4 members (excludes halogenated alkanes) is 3. The Morgan fingerprint density at radius 1 is 0.875 bits per heavy atom. The van der Waals surface area contributed by atoms with Gasteiger partial charge < -0.3 is 20.3 Å². The molecule has 0 radical (unpaired) electrons. The summed E-state index contributed by atoms with van der Waals surface area (Å²) in [6.45, 7) is 3.69. The van der Waals surface area contributed by atoms with Gasteiger partial charge in [0.25, 0.3) is 11.8 Å². The van der Waals surface area contributed by atoms with Gasteiger partial charge in [0.15, 0.2) is 0 Å². The molecule has 5 aromatic rings. The molecule has 4 aliphatic heterocycles. The van der Waals surface area contributed by atoms with Gasteiger partial charge in [-0.3, -0.25) is 43.9 Å². The quantitative estimate of drug-likeness (QED) is 0.0935. The summed E-state index contributed by atoms with van der Waals surface area (Å²) in [5.74, 6) is -3.22. The fraction of sp³-hybridized carbons (Fsp3) is 0.404. The molecular weight excluding hydrogens is 825 g/mol. The highest BCUT2D eigenvalue weighted by atomic mass is 19.1. The Hall–Kier alpha value is -6.46. The zero-order valence-corrected chi connectivity index (χ0v) is 35.3. The SMILES string of the molecule is O=C1CCC(N2C(=O)c3ccc(NCCCCCCC(=O)N4CCC(n5cc(-c6cnc7cccc(-c8cc(F)c(CC9CNCCO9)c(F)c8)c7n6)cn5)CC4)cc3C2=O)C(=O)N1. The van der Waals surface area contributed by atoms with Gasteiger partial charge >= 0.3 is 0 Å². The Bertz CT molecular complexity index is 2600. The first-order valence-electron chi connectivity index (χ1n) is 22.1. The lowest BCUT2D eigenvalue weighted by atomic mass is 9.98. The van der Waals surface area contributed by atoms with Gasteiger partial charge in [0, 0.05) is 80.6 Å².